The summed E-state index contributed by atoms with van der Waals surface area (Å²) in [5, 5.41) is 3.44. The maximum Gasteiger partial charge on any atom is 0.377 e. The van der Waals surface area contributed by atoms with Crippen LogP contribution in [0.2, 0.25) is 0 Å². The smallest absolute Gasteiger partial charge is 0.377 e. The third-order valence-corrected chi connectivity index (χ3v) is 1.65. The summed E-state index contributed by atoms with van der Waals surface area (Å²) in [5.41, 5.74) is -0.411. The number of methoxy groups -OCH3 is 1. The first kappa shape index (κ1) is 8.42. The van der Waals surface area contributed by atoms with Crippen LogP contribution in [0, 0.1) is 0 Å². The standard InChI is InChI=1S/C7H5N3O4/c1-13-7(12)4-3-5(10-14-4)8-2-9-6(3)11/h2H,1H3,(H,8,9,10,11). The minimum absolute atomic E-state index is 0.000602. The quantitative estimate of drug-likeness (QED) is 0.627. The highest BCUT2D eigenvalue weighted by Gasteiger charge is 2.20. The van der Waals surface area contributed by atoms with Crippen LogP contribution >= 0.6 is 0 Å². The van der Waals surface area contributed by atoms with Crippen molar-refractivity contribution in [3.05, 3.63) is 22.4 Å². The van der Waals surface area contributed by atoms with Gasteiger partial charge in [0.15, 0.2) is 0 Å². The maximum absolute atomic E-state index is 11.3. The molecule has 2 rings (SSSR count). The molecule has 2 aromatic heterocycles. The van der Waals surface area contributed by atoms with Crippen LogP contribution in [0.5, 0.6) is 0 Å². The Morgan fingerprint density at radius 3 is 3.14 bits per heavy atom. The highest BCUT2D eigenvalue weighted by Crippen LogP contribution is 2.11. The number of nitrogens with zero attached hydrogens (tertiary/aromatic N) is 2. The molecule has 0 bridgehead atoms. The number of H-pyrrole nitrogens is 1. The van der Waals surface area contributed by atoms with Gasteiger partial charge in [-0.2, -0.15) is 0 Å². The van der Waals surface area contributed by atoms with Crippen LogP contribution in [-0.4, -0.2) is 28.2 Å². The van der Waals surface area contributed by atoms with Crippen molar-refractivity contribution in [2.45, 2.75) is 0 Å². The number of carbonyl (C=O) groups is 1. The van der Waals surface area contributed by atoms with Crippen molar-refractivity contribution in [1.29, 1.82) is 0 Å². The molecule has 0 amide bonds. The molecular weight excluding hydrogens is 190 g/mol. The van der Waals surface area contributed by atoms with Crippen LogP contribution in [0.3, 0.4) is 0 Å². The lowest BCUT2D eigenvalue weighted by molar-refractivity contribution is 0.0557. The molecule has 0 unspecified atom stereocenters. The van der Waals surface area contributed by atoms with Gasteiger partial charge >= 0.3 is 5.97 Å². The van der Waals surface area contributed by atoms with Gasteiger partial charge in [0.1, 0.15) is 5.39 Å². The van der Waals surface area contributed by atoms with Crippen molar-refractivity contribution >= 4 is 17.0 Å². The first-order valence-electron chi connectivity index (χ1n) is 3.65. The van der Waals surface area contributed by atoms with Crippen LogP contribution in [-0.2, 0) is 4.74 Å². The third-order valence-electron chi connectivity index (χ3n) is 1.65. The molecule has 7 heteroatoms. The van der Waals surface area contributed by atoms with Gasteiger partial charge in [-0.25, -0.2) is 9.78 Å². The lowest BCUT2D eigenvalue weighted by Crippen LogP contribution is -2.10. The van der Waals surface area contributed by atoms with Gasteiger partial charge in [-0.3, -0.25) is 4.79 Å². The Bertz CT molecular complexity index is 541. The number of fused-ring (bicyclic) bond motifs is 1. The second-order valence-corrected chi connectivity index (χ2v) is 2.43. The monoisotopic (exact) mass is 195 g/mol. The molecule has 0 radical (unpaired) electrons. The summed E-state index contributed by atoms with van der Waals surface area (Å²) in [6, 6.07) is 0. The fourth-order valence-electron chi connectivity index (χ4n) is 1.03. The molecule has 0 saturated heterocycles. The zero-order chi connectivity index (χ0) is 10.1. The molecule has 2 aromatic rings. The summed E-state index contributed by atoms with van der Waals surface area (Å²) in [6.45, 7) is 0. The number of nitrogens with one attached hydrogen (secondary N) is 1. The summed E-state index contributed by atoms with van der Waals surface area (Å²) in [6.07, 6.45) is 1.17. The van der Waals surface area contributed by atoms with Crippen molar-refractivity contribution in [2.24, 2.45) is 0 Å². The number of aromatic amines is 1. The van der Waals surface area contributed by atoms with E-state index < -0.39 is 11.5 Å². The zero-order valence-electron chi connectivity index (χ0n) is 7.10. The van der Waals surface area contributed by atoms with Crippen molar-refractivity contribution in [3.63, 3.8) is 0 Å². The van der Waals surface area contributed by atoms with E-state index >= 15 is 0 Å². The Labute approximate surface area is 76.7 Å². The lowest BCUT2D eigenvalue weighted by atomic mass is 10.3. The topological polar surface area (TPSA) is 98.1 Å². The van der Waals surface area contributed by atoms with Gasteiger partial charge in [-0.15, -0.1) is 0 Å². The Kier molecular flexibility index (Phi) is 1.77. The second-order valence-electron chi connectivity index (χ2n) is 2.43. The second kappa shape index (κ2) is 2.95. The fraction of sp³-hybridized carbons (Fsp3) is 0.143. The highest BCUT2D eigenvalue weighted by molar-refractivity contribution is 5.99. The molecule has 14 heavy (non-hydrogen) atoms. The number of rotatable bonds is 1. The van der Waals surface area contributed by atoms with Crippen LogP contribution < -0.4 is 5.56 Å². The average Bonchev–Trinajstić information content (AvgIpc) is 2.62. The molecule has 0 atom stereocenters. The molecule has 72 valence electrons. The number of hydrogen-bond donors (Lipinski definition) is 1. The largest absolute Gasteiger partial charge is 0.463 e. The van der Waals surface area contributed by atoms with E-state index in [-0.39, 0.29) is 16.8 Å². The molecule has 0 saturated carbocycles. The van der Waals surface area contributed by atoms with E-state index in [0.717, 1.165) is 0 Å². The van der Waals surface area contributed by atoms with E-state index in [9.17, 15) is 9.59 Å². The lowest BCUT2D eigenvalue weighted by Gasteiger charge is -1.91. The predicted octanol–water partition coefficient (Wildman–Crippen LogP) is -0.302. The predicted molar refractivity (Wildman–Crippen MR) is 43.8 cm³/mol. The Morgan fingerprint density at radius 1 is 1.64 bits per heavy atom. The maximum atomic E-state index is 11.3. The van der Waals surface area contributed by atoms with E-state index in [4.69, 9.17) is 0 Å². The number of esters is 1. The molecule has 1 N–H and O–H groups in total. The van der Waals surface area contributed by atoms with Crippen LogP contribution in [0.1, 0.15) is 10.6 Å². The van der Waals surface area contributed by atoms with Gasteiger partial charge in [0, 0.05) is 0 Å². The molecular formula is C7H5N3O4. The number of ether oxygens (including phenoxy) is 1. The summed E-state index contributed by atoms with van der Waals surface area (Å²) in [5.74, 6) is -0.997. The van der Waals surface area contributed by atoms with Gasteiger partial charge in [0.25, 0.3) is 11.3 Å². The Morgan fingerprint density at radius 2 is 2.43 bits per heavy atom. The van der Waals surface area contributed by atoms with Crippen molar-refractivity contribution in [1.82, 2.24) is 15.1 Å². The third kappa shape index (κ3) is 1.06. The molecule has 0 aliphatic rings. The minimum Gasteiger partial charge on any atom is -0.463 e. The molecule has 0 aliphatic carbocycles. The molecule has 2 heterocycles. The Balaban J connectivity index is 2.80. The number of hydrogen-bond acceptors (Lipinski definition) is 6. The van der Waals surface area contributed by atoms with Gasteiger partial charge in [0.2, 0.25) is 5.65 Å². The SMILES string of the molecule is COC(=O)c1onc2nc[nH]c(=O)c12. The fourth-order valence-corrected chi connectivity index (χ4v) is 1.03. The van der Waals surface area contributed by atoms with Gasteiger partial charge in [0.05, 0.1) is 13.4 Å². The Hall–Kier alpha value is -2.18. The minimum atomic E-state index is -0.758. The first-order valence-corrected chi connectivity index (χ1v) is 3.65. The van der Waals surface area contributed by atoms with E-state index in [2.05, 4.69) is 24.4 Å². The summed E-state index contributed by atoms with van der Waals surface area (Å²) in [4.78, 5) is 28.4. The summed E-state index contributed by atoms with van der Waals surface area (Å²) < 4.78 is 9.05. The van der Waals surface area contributed by atoms with Crippen molar-refractivity contribution in [3.8, 4) is 0 Å². The zero-order valence-corrected chi connectivity index (χ0v) is 7.10. The van der Waals surface area contributed by atoms with Crippen molar-refractivity contribution in [2.75, 3.05) is 7.11 Å². The molecule has 7 nitrogen and oxygen atoms in total. The van der Waals surface area contributed by atoms with Crippen LogP contribution in [0.4, 0.5) is 0 Å². The van der Waals surface area contributed by atoms with Gasteiger partial charge < -0.3 is 14.2 Å². The van der Waals surface area contributed by atoms with E-state index in [1.165, 1.54) is 13.4 Å². The molecule has 0 aromatic carbocycles. The number of carbonyl (C=O) groups excluding carboxylic acids is 1. The van der Waals surface area contributed by atoms with Gasteiger partial charge in [-0.1, -0.05) is 5.16 Å². The van der Waals surface area contributed by atoms with Crippen LogP contribution in [0.25, 0.3) is 11.0 Å². The normalized spacial score (nSPS) is 10.4. The van der Waals surface area contributed by atoms with Gasteiger partial charge in [-0.05, 0) is 0 Å². The van der Waals surface area contributed by atoms with E-state index in [0.29, 0.717) is 0 Å². The highest BCUT2D eigenvalue weighted by atomic mass is 16.5. The van der Waals surface area contributed by atoms with Crippen LogP contribution in [0.15, 0.2) is 15.6 Å². The molecule has 0 aliphatic heterocycles. The molecule has 0 fully saturated rings. The summed E-state index contributed by atoms with van der Waals surface area (Å²) in [7, 11) is 1.18. The molecule has 0 spiro atoms. The van der Waals surface area contributed by atoms with E-state index in [1.807, 2.05) is 0 Å². The first-order chi connectivity index (χ1) is 6.74. The van der Waals surface area contributed by atoms with E-state index in [1.54, 1.807) is 0 Å². The summed E-state index contributed by atoms with van der Waals surface area (Å²) >= 11 is 0. The van der Waals surface area contributed by atoms with Crippen molar-refractivity contribution < 1.29 is 14.1 Å². The average molecular weight is 195 g/mol. The number of aromatic nitrogens is 3.